The van der Waals surface area contributed by atoms with Gasteiger partial charge in [-0.25, -0.2) is 9.97 Å². The van der Waals surface area contributed by atoms with Crippen LogP contribution in [0.2, 0.25) is 0 Å². The third-order valence-electron chi connectivity index (χ3n) is 3.90. The highest BCUT2D eigenvalue weighted by Gasteiger charge is 2.10. The van der Waals surface area contributed by atoms with Gasteiger partial charge in [-0.2, -0.15) is 0 Å². The lowest BCUT2D eigenvalue weighted by molar-refractivity contribution is 0.146. The van der Waals surface area contributed by atoms with Crippen LogP contribution < -0.4 is 14.8 Å². The van der Waals surface area contributed by atoms with Gasteiger partial charge in [0.25, 0.3) is 0 Å². The van der Waals surface area contributed by atoms with E-state index < -0.39 is 0 Å². The molecule has 0 aliphatic heterocycles. The third-order valence-corrected chi connectivity index (χ3v) is 4.05. The topological polar surface area (TPSA) is 65.5 Å². The molecule has 0 saturated carbocycles. The number of aromatic nitrogens is 2. The second kappa shape index (κ2) is 9.79. The number of hydrogen-bond donors (Lipinski definition) is 1. The van der Waals surface area contributed by atoms with Crippen molar-refractivity contribution in [3.63, 3.8) is 0 Å². The Morgan fingerprint density at radius 3 is 2.75 bits per heavy atom. The SMILES string of the molecule is C#Cc1ccc(OCCCl)c(Nc2ncnc3cc(OCCOC)ccc23)c1. The lowest BCUT2D eigenvalue weighted by Crippen LogP contribution is -2.05. The van der Waals surface area contributed by atoms with Gasteiger partial charge < -0.3 is 19.5 Å². The lowest BCUT2D eigenvalue weighted by Gasteiger charge is -2.14. The quantitative estimate of drug-likeness (QED) is 0.334. The minimum absolute atomic E-state index is 0.387. The number of ether oxygens (including phenoxy) is 3. The number of terminal acetylenes is 1. The van der Waals surface area contributed by atoms with Gasteiger partial charge in [-0.1, -0.05) is 5.92 Å². The van der Waals surface area contributed by atoms with Gasteiger partial charge in [0.05, 0.1) is 23.7 Å². The van der Waals surface area contributed by atoms with Crippen molar-refractivity contribution in [2.75, 3.05) is 38.1 Å². The Morgan fingerprint density at radius 2 is 1.96 bits per heavy atom. The third kappa shape index (κ3) is 4.83. The summed E-state index contributed by atoms with van der Waals surface area (Å²) in [6.45, 7) is 1.38. The summed E-state index contributed by atoms with van der Waals surface area (Å²) < 4.78 is 16.4. The zero-order chi connectivity index (χ0) is 19.8. The standard InChI is InChI=1S/C21H20ClN3O3/c1-3-15-4-7-20(28-9-8-22)19(12-15)25-21-17-6-5-16(27-11-10-26-2)13-18(17)23-14-24-21/h1,4-7,12-14H,8-11H2,2H3,(H,23,24,25). The minimum Gasteiger partial charge on any atom is -0.491 e. The first kappa shape index (κ1) is 19.7. The van der Waals surface area contributed by atoms with E-state index in [1.165, 1.54) is 6.33 Å². The maximum atomic E-state index is 5.74. The molecule has 0 amide bonds. The van der Waals surface area contributed by atoms with Crippen LogP contribution in [0.4, 0.5) is 11.5 Å². The Bertz CT molecular complexity index is 988. The first-order valence-corrected chi connectivity index (χ1v) is 9.21. The van der Waals surface area contributed by atoms with E-state index in [0.717, 1.165) is 22.2 Å². The fourth-order valence-electron chi connectivity index (χ4n) is 2.59. The van der Waals surface area contributed by atoms with Crippen LogP contribution in [0.3, 0.4) is 0 Å². The lowest BCUT2D eigenvalue weighted by atomic mass is 10.1. The van der Waals surface area contributed by atoms with Crippen molar-refractivity contribution in [2.24, 2.45) is 0 Å². The normalized spacial score (nSPS) is 10.5. The van der Waals surface area contributed by atoms with Gasteiger partial charge in [0.15, 0.2) is 0 Å². The number of hydrogen-bond acceptors (Lipinski definition) is 6. The van der Waals surface area contributed by atoms with E-state index in [4.69, 9.17) is 32.2 Å². The van der Waals surface area contributed by atoms with Crippen LogP contribution in [0.5, 0.6) is 11.5 Å². The molecule has 1 heterocycles. The molecule has 0 spiro atoms. The van der Waals surface area contributed by atoms with Crippen molar-refractivity contribution >= 4 is 34.0 Å². The summed E-state index contributed by atoms with van der Waals surface area (Å²) in [5.41, 5.74) is 2.19. The predicted molar refractivity (Wildman–Crippen MR) is 111 cm³/mol. The number of fused-ring (bicyclic) bond motifs is 1. The van der Waals surface area contributed by atoms with Crippen LogP contribution >= 0.6 is 11.6 Å². The Balaban J connectivity index is 1.91. The van der Waals surface area contributed by atoms with Crippen molar-refractivity contribution in [1.82, 2.24) is 9.97 Å². The summed E-state index contributed by atoms with van der Waals surface area (Å²) in [5, 5.41) is 4.14. The highest BCUT2D eigenvalue weighted by atomic mass is 35.5. The van der Waals surface area contributed by atoms with Crippen LogP contribution in [-0.4, -0.2) is 42.8 Å². The van der Waals surface area contributed by atoms with Crippen molar-refractivity contribution in [3.8, 4) is 23.8 Å². The molecule has 0 unspecified atom stereocenters. The molecule has 2 aromatic carbocycles. The molecule has 6 nitrogen and oxygen atoms in total. The largest absolute Gasteiger partial charge is 0.491 e. The van der Waals surface area contributed by atoms with Crippen LogP contribution in [0.25, 0.3) is 10.9 Å². The Kier molecular flexibility index (Phi) is 6.90. The van der Waals surface area contributed by atoms with Gasteiger partial charge in [0, 0.05) is 24.1 Å². The summed E-state index contributed by atoms with van der Waals surface area (Å²) in [7, 11) is 1.63. The number of anilines is 2. The maximum absolute atomic E-state index is 5.74. The maximum Gasteiger partial charge on any atom is 0.142 e. The van der Waals surface area contributed by atoms with Gasteiger partial charge in [-0.05, 0) is 30.3 Å². The first-order chi connectivity index (χ1) is 13.7. The molecule has 7 heteroatoms. The highest BCUT2D eigenvalue weighted by Crippen LogP contribution is 2.31. The molecule has 1 aromatic heterocycles. The van der Waals surface area contributed by atoms with Crippen LogP contribution in [0, 0.1) is 12.3 Å². The number of alkyl halides is 1. The summed E-state index contributed by atoms with van der Waals surface area (Å²) in [4.78, 5) is 8.70. The van der Waals surface area contributed by atoms with E-state index in [9.17, 15) is 0 Å². The summed E-state index contributed by atoms with van der Waals surface area (Å²) in [6.07, 6.45) is 7.03. The molecule has 144 valence electrons. The Morgan fingerprint density at radius 1 is 1.07 bits per heavy atom. The fraction of sp³-hybridized carbons (Fsp3) is 0.238. The molecule has 3 rings (SSSR count). The Hall–Kier alpha value is -3.01. The van der Waals surface area contributed by atoms with E-state index in [1.807, 2.05) is 36.4 Å². The van der Waals surface area contributed by atoms with Crippen LogP contribution in [0.1, 0.15) is 5.56 Å². The number of methoxy groups -OCH3 is 1. The summed E-state index contributed by atoms with van der Waals surface area (Å²) in [6, 6.07) is 11.1. The van der Waals surface area contributed by atoms with Gasteiger partial charge in [-0.15, -0.1) is 18.0 Å². The van der Waals surface area contributed by atoms with E-state index in [-0.39, 0.29) is 0 Å². The zero-order valence-electron chi connectivity index (χ0n) is 15.4. The van der Waals surface area contributed by atoms with E-state index >= 15 is 0 Å². The number of benzene rings is 2. The van der Waals surface area contributed by atoms with Gasteiger partial charge in [-0.3, -0.25) is 0 Å². The molecule has 0 atom stereocenters. The molecule has 0 saturated heterocycles. The van der Waals surface area contributed by atoms with Gasteiger partial charge in [0.2, 0.25) is 0 Å². The smallest absolute Gasteiger partial charge is 0.142 e. The van der Waals surface area contributed by atoms with E-state index in [2.05, 4.69) is 21.2 Å². The molecular weight excluding hydrogens is 378 g/mol. The van der Waals surface area contributed by atoms with Crippen molar-refractivity contribution < 1.29 is 14.2 Å². The molecule has 0 fully saturated rings. The van der Waals surface area contributed by atoms with Crippen molar-refractivity contribution in [2.45, 2.75) is 0 Å². The molecule has 0 aliphatic rings. The highest BCUT2D eigenvalue weighted by molar-refractivity contribution is 6.18. The van der Waals surface area contributed by atoms with Crippen LogP contribution in [0.15, 0.2) is 42.7 Å². The summed E-state index contributed by atoms with van der Waals surface area (Å²) >= 11 is 5.74. The molecule has 0 radical (unpaired) electrons. The van der Waals surface area contributed by atoms with E-state index in [1.54, 1.807) is 7.11 Å². The second-order valence-corrected chi connectivity index (χ2v) is 6.14. The predicted octanol–water partition coefficient (Wildman–Crippen LogP) is 4.00. The second-order valence-electron chi connectivity index (χ2n) is 5.76. The number of nitrogens with zero attached hydrogens (tertiary/aromatic N) is 2. The monoisotopic (exact) mass is 397 g/mol. The molecule has 0 aliphatic carbocycles. The van der Waals surface area contributed by atoms with Gasteiger partial charge in [0.1, 0.15) is 36.9 Å². The minimum atomic E-state index is 0.387. The average Bonchev–Trinajstić information content (AvgIpc) is 2.73. The summed E-state index contributed by atoms with van der Waals surface area (Å²) in [5.74, 6) is 5.01. The average molecular weight is 398 g/mol. The van der Waals surface area contributed by atoms with Crippen molar-refractivity contribution in [3.05, 3.63) is 48.3 Å². The zero-order valence-corrected chi connectivity index (χ0v) is 16.2. The molecule has 0 bridgehead atoms. The molecule has 3 aromatic rings. The van der Waals surface area contributed by atoms with Crippen LogP contribution in [-0.2, 0) is 4.74 Å². The number of nitrogens with one attached hydrogen (secondary N) is 1. The number of rotatable bonds is 9. The molecule has 28 heavy (non-hydrogen) atoms. The number of halogens is 1. The van der Waals surface area contributed by atoms with Crippen molar-refractivity contribution in [1.29, 1.82) is 0 Å². The molecular formula is C21H20ClN3O3. The Labute approximate surface area is 168 Å². The fourth-order valence-corrected chi connectivity index (χ4v) is 2.67. The molecule has 1 N–H and O–H groups in total. The first-order valence-electron chi connectivity index (χ1n) is 8.68. The van der Waals surface area contributed by atoms with Gasteiger partial charge >= 0.3 is 0 Å². The van der Waals surface area contributed by atoms with E-state index in [0.29, 0.717) is 43.0 Å².